The van der Waals surface area contributed by atoms with Crippen LogP contribution in [0.3, 0.4) is 0 Å². The SMILES string of the molecule is CC(=O)Nc1ncc2c(c1C(=O)O)CCC2. The number of carbonyl (C=O) groups is 2. The third-order valence-electron chi connectivity index (χ3n) is 2.66. The second-order valence-electron chi connectivity index (χ2n) is 3.83. The van der Waals surface area contributed by atoms with Crippen molar-refractivity contribution >= 4 is 17.7 Å². The first kappa shape index (κ1) is 10.6. The zero-order chi connectivity index (χ0) is 11.7. The minimum absolute atomic E-state index is 0.144. The molecule has 0 saturated heterocycles. The first-order valence-corrected chi connectivity index (χ1v) is 5.11. The molecule has 5 nitrogen and oxygen atoms in total. The number of carboxylic acids is 1. The maximum absolute atomic E-state index is 11.2. The molecule has 0 atom stereocenters. The van der Waals surface area contributed by atoms with Crippen molar-refractivity contribution in [3.05, 3.63) is 22.9 Å². The number of hydrogen-bond acceptors (Lipinski definition) is 3. The van der Waals surface area contributed by atoms with Gasteiger partial charge in [0.05, 0.1) is 0 Å². The Labute approximate surface area is 92.5 Å². The lowest BCUT2D eigenvalue weighted by Gasteiger charge is -2.09. The fourth-order valence-corrected chi connectivity index (χ4v) is 2.04. The number of amides is 1. The summed E-state index contributed by atoms with van der Waals surface area (Å²) in [6.07, 6.45) is 4.20. The van der Waals surface area contributed by atoms with E-state index in [2.05, 4.69) is 10.3 Å². The van der Waals surface area contributed by atoms with Crippen LogP contribution in [0.15, 0.2) is 6.20 Å². The molecule has 2 rings (SSSR count). The van der Waals surface area contributed by atoms with Gasteiger partial charge in [0.25, 0.3) is 0 Å². The van der Waals surface area contributed by atoms with Gasteiger partial charge in [-0.2, -0.15) is 0 Å². The Morgan fingerprint density at radius 2 is 2.19 bits per heavy atom. The first-order chi connectivity index (χ1) is 7.59. The lowest BCUT2D eigenvalue weighted by molar-refractivity contribution is -0.114. The van der Waals surface area contributed by atoms with E-state index in [9.17, 15) is 9.59 Å². The summed E-state index contributed by atoms with van der Waals surface area (Å²) in [7, 11) is 0. The van der Waals surface area contributed by atoms with Crippen LogP contribution in [-0.4, -0.2) is 22.0 Å². The Hall–Kier alpha value is -1.91. The fourth-order valence-electron chi connectivity index (χ4n) is 2.04. The van der Waals surface area contributed by atoms with Crippen LogP contribution in [0.5, 0.6) is 0 Å². The van der Waals surface area contributed by atoms with E-state index in [1.807, 2.05) is 0 Å². The van der Waals surface area contributed by atoms with Crippen molar-refractivity contribution in [1.82, 2.24) is 4.98 Å². The van der Waals surface area contributed by atoms with Crippen LogP contribution in [0.4, 0.5) is 5.82 Å². The third kappa shape index (κ3) is 1.76. The molecular formula is C11H12N2O3. The Morgan fingerprint density at radius 3 is 2.81 bits per heavy atom. The van der Waals surface area contributed by atoms with Gasteiger partial charge in [0, 0.05) is 13.1 Å². The van der Waals surface area contributed by atoms with Gasteiger partial charge in [-0.3, -0.25) is 4.79 Å². The summed E-state index contributed by atoms with van der Waals surface area (Å²) in [4.78, 5) is 26.1. The average Bonchev–Trinajstić information content (AvgIpc) is 2.63. The maximum atomic E-state index is 11.2. The normalized spacial score (nSPS) is 13.3. The molecule has 0 radical (unpaired) electrons. The molecule has 1 aromatic rings. The highest BCUT2D eigenvalue weighted by molar-refractivity contribution is 6.00. The summed E-state index contributed by atoms with van der Waals surface area (Å²) in [5.74, 6) is -1.19. The number of aryl methyl sites for hydroxylation is 1. The molecule has 16 heavy (non-hydrogen) atoms. The number of nitrogens with one attached hydrogen (secondary N) is 1. The number of aromatic carboxylic acids is 1. The van der Waals surface area contributed by atoms with E-state index in [-0.39, 0.29) is 17.3 Å². The van der Waals surface area contributed by atoms with E-state index in [0.29, 0.717) is 0 Å². The Morgan fingerprint density at radius 1 is 1.44 bits per heavy atom. The van der Waals surface area contributed by atoms with E-state index < -0.39 is 5.97 Å². The monoisotopic (exact) mass is 220 g/mol. The number of nitrogens with zero attached hydrogens (tertiary/aromatic N) is 1. The molecule has 1 aliphatic carbocycles. The van der Waals surface area contributed by atoms with Crippen molar-refractivity contribution in [1.29, 1.82) is 0 Å². The molecule has 0 fully saturated rings. The molecule has 84 valence electrons. The molecule has 0 unspecified atom stereocenters. The molecule has 1 heterocycles. The highest BCUT2D eigenvalue weighted by atomic mass is 16.4. The smallest absolute Gasteiger partial charge is 0.339 e. The van der Waals surface area contributed by atoms with Crippen LogP contribution in [0.1, 0.15) is 34.8 Å². The highest BCUT2D eigenvalue weighted by Gasteiger charge is 2.23. The topological polar surface area (TPSA) is 79.3 Å². The van der Waals surface area contributed by atoms with Gasteiger partial charge in [-0.1, -0.05) is 0 Å². The number of pyridine rings is 1. The second-order valence-corrected chi connectivity index (χ2v) is 3.83. The lowest BCUT2D eigenvalue weighted by atomic mass is 10.1. The van der Waals surface area contributed by atoms with Gasteiger partial charge < -0.3 is 10.4 Å². The average molecular weight is 220 g/mol. The molecule has 0 saturated carbocycles. The number of hydrogen-bond donors (Lipinski definition) is 2. The summed E-state index contributed by atoms with van der Waals surface area (Å²) < 4.78 is 0. The van der Waals surface area contributed by atoms with Crippen LogP contribution in [0, 0.1) is 0 Å². The van der Waals surface area contributed by atoms with E-state index in [4.69, 9.17) is 5.11 Å². The number of rotatable bonds is 2. The minimum atomic E-state index is -1.03. The summed E-state index contributed by atoms with van der Waals surface area (Å²) in [5.41, 5.74) is 1.93. The number of aromatic nitrogens is 1. The zero-order valence-corrected chi connectivity index (χ0v) is 8.91. The fraction of sp³-hybridized carbons (Fsp3) is 0.364. The summed E-state index contributed by atoms with van der Waals surface area (Å²) in [6, 6.07) is 0. The lowest BCUT2D eigenvalue weighted by Crippen LogP contribution is -2.14. The van der Waals surface area contributed by atoms with E-state index in [0.717, 1.165) is 30.4 Å². The molecule has 2 N–H and O–H groups in total. The number of carbonyl (C=O) groups excluding carboxylic acids is 1. The van der Waals surface area contributed by atoms with Gasteiger partial charge in [0.2, 0.25) is 5.91 Å². The van der Waals surface area contributed by atoms with Crippen LogP contribution >= 0.6 is 0 Å². The predicted molar refractivity (Wildman–Crippen MR) is 57.5 cm³/mol. The Kier molecular flexibility index (Phi) is 2.60. The van der Waals surface area contributed by atoms with Gasteiger partial charge >= 0.3 is 5.97 Å². The second kappa shape index (κ2) is 3.92. The zero-order valence-electron chi connectivity index (χ0n) is 8.91. The van der Waals surface area contributed by atoms with Crippen molar-refractivity contribution < 1.29 is 14.7 Å². The number of anilines is 1. The molecule has 0 bridgehead atoms. The summed E-state index contributed by atoms with van der Waals surface area (Å²) in [6.45, 7) is 1.33. The highest BCUT2D eigenvalue weighted by Crippen LogP contribution is 2.28. The molecule has 0 aliphatic heterocycles. The van der Waals surface area contributed by atoms with Gasteiger partial charge in [-0.25, -0.2) is 9.78 Å². The number of fused-ring (bicyclic) bond motifs is 1. The van der Waals surface area contributed by atoms with E-state index >= 15 is 0 Å². The van der Waals surface area contributed by atoms with Crippen LogP contribution in [0.2, 0.25) is 0 Å². The molecule has 5 heteroatoms. The maximum Gasteiger partial charge on any atom is 0.339 e. The van der Waals surface area contributed by atoms with Crippen LogP contribution in [0.25, 0.3) is 0 Å². The molecule has 0 spiro atoms. The predicted octanol–water partition coefficient (Wildman–Crippen LogP) is 1.23. The van der Waals surface area contributed by atoms with Crippen molar-refractivity contribution in [2.24, 2.45) is 0 Å². The van der Waals surface area contributed by atoms with Gasteiger partial charge in [0.1, 0.15) is 11.4 Å². The van der Waals surface area contributed by atoms with Crippen molar-refractivity contribution in [2.45, 2.75) is 26.2 Å². The van der Waals surface area contributed by atoms with Crippen molar-refractivity contribution in [2.75, 3.05) is 5.32 Å². The first-order valence-electron chi connectivity index (χ1n) is 5.11. The van der Waals surface area contributed by atoms with E-state index in [1.54, 1.807) is 6.20 Å². The third-order valence-corrected chi connectivity index (χ3v) is 2.66. The summed E-state index contributed by atoms with van der Waals surface area (Å²) in [5, 5.41) is 11.6. The van der Waals surface area contributed by atoms with Crippen molar-refractivity contribution in [3.8, 4) is 0 Å². The molecule has 0 aromatic carbocycles. The van der Waals surface area contributed by atoms with Gasteiger partial charge in [0.15, 0.2) is 0 Å². The van der Waals surface area contributed by atoms with E-state index in [1.165, 1.54) is 6.92 Å². The summed E-state index contributed by atoms with van der Waals surface area (Å²) >= 11 is 0. The van der Waals surface area contributed by atoms with Crippen LogP contribution < -0.4 is 5.32 Å². The quantitative estimate of drug-likeness (QED) is 0.785. The largest absolute Gasteiger partial charge is 0.478 e. The standard InChI is InChI=1S/C11H12N2O3/c1-6(14)13-10-9(11(15)16)8-4-2-3-7(8)5-12-10/h5H,2-4H2,1H3,(H,15,16)(H,12,13,14). The minimum Gasteiger partial charge on any atom is -0.478 e. The van der Waals surface area contributed by atoms with Gasteiger partial charge in [-0.05, 0) is 30.4 Å². The van der Waals surface area contributed by atoms with Crippen LogP contribution in [-0.2, 0) is 17.6 Å². The number of carboxylic acid groups (broad SMARTS) is 1. The Bertz CT molecular complexity index is 469. The Balaban J connectivity index is 2.53. The molecular weight excluding hydrogens is 208 g/mol. The molecule has 1 aromatic heterocycles. The molecule has 1 amide bonds. The van der Waals surface area contributed by atoms with Gasteiger partial charge in [-0.15, -0.1) is 0 Å². The van der Waals surface area contributed by atoms with Crippen molar-refractivity contribution in [3.63, 3.8) is 0 Å². The molecule has 1 aliphatic rings.